The number of benzene rings is 2. The monoisotopic (exact) mass is 380 g/mol. The highest BCUT2D eigenvalue weighted by Gasteiger charge is 2.22. The van der Waals surface area contributed by atoms with Gasteiger partial charge in [0.2, 0.25) is 5.91 Å². The van der Waals surface area contributed by atoms with Gasteiger partial charge in [-0.3, -0.25) is 4.79 Å². The van der Waals surface area contributed by atoms with Gasteiger partial charge in [-0.25, -0.2) is 9.79 Å². The van der Waals surface area contributed by atoms with Crippen LogP contribution in [-0.2, 0) is 11.2 Å². The molecular formula is C16H14Cl2N4O3. The van der Waals surface area contributed by atoms with Crippen LogP contribution in [0.2, 0.25) is 5.02 Å². The third-order valence-corrected chi connectivity index (χ3v) is 3.91. The molecule has 0 radical (unpaired) electrons. The Morgan fingerprint density at radius 1 is 1.20 bits per heavy atom. The van der Waals surface area contributed by atoms with Crippen LogP contribution in [0.15, 0.2) is 35.3 Å². The molecule has 130 valence electrons. The lowest BCUT2D eigenvalue weighted by atomic mass is 9.96. The largest absolute Gasteiger partial charge is 0.478 e. The Bertz CT molecular complexity index is 908. The van der Waals surface area contributed by atoms with Crippen LogP contribution < -0.4 is 16.8 Å². The first-order valence-electron chi connectivity index (χ1n) is 6.95. The van der Waals surface area contributed by atoms with Crippen LogP contribution in [0.25, 0.3) is 11.1 Å². The number of carbonyl (C=O) groups is 2. The number of fused-ring (bicyclic) bond motifs is 1. The molecule has 0 unspecified atom stereocenters. The van der Waals surface area contributed by atoms with E-state index in [9.17, 15) is 14.7 Å². The van der Waals surface area contributed by atoms with Crippen LogP contribution in [0.4, 0.5) is 11.4 Å². The first kappa shape index (κ1) is 18.6. The molecule has 6 N–H and O–H groups in total. The molecule has 0 atom stereocenters. The number of hydrogen-bond acceptors (Lipinski definition) is 3. The standard InChI is InChI=1S/C16H13ClN4O3.ClH/c17-12-6-13-7(4-14(22)21-13)3-11(12)10-5-8(20-16(18)19)1-2-9(10)15(23)24;/h1-3,5-6H,4H2,(H,21,22)(H,23,24)(H4,18,19,20);1H. The van der Waals surface area contributed by atoms with Gasteiger partial charge < -0.3 is 21.9 Å². The Morgan fingerprint density at radius 2 is 1.92 bits per heavy atom. The van der Waals surface area contributed by atoms with Crippen LogP contribution in [0.3, 0.4) is 0 Å². The minimum absolute atomic E-state index is 0. The normalized spacial score (nSPS) is 12.0. The third-order valence-electron chi connectivity index (χ3n) is 3.60. The van der Waals surface area contributed by atoms with Gasteiger partial charge in [0, 0.05) is 11.3 Å². The summed E-state index contributed by atoms with van der Waals surface area (Å²) in [6.45, 7) is 0. The number of halogens is 2. The molecule has 9 heteroatoms. The van der Waals surface area contributed by atoms with Crippen molar-refractivity contribution in [2.75, 3.05) is 5.32 Å². The van der Waals surface area contributed by atoms with Gasteiger partial charge in [-0.05, 0) is 41.5 Å². The average molecular weight is 381 g/mol. The summed E-state index contributed by atoms with van der Waals surface area (Å²) in [4.78, 5) is 27.0. The van der Waals surface area contributed by atoms with Crippen molar-refractivity contribution in [1.82, 2.24) is 0 Å². The summed E-state index contributed by atoms with van der Waals surface area (Å²) in [6.07, 6.45) is 0.218. The van der Waals surface area contributed by atoms with E-state index in [2.05, 4.69) is 10.3 Å². The summed E-state index contributed by atoms with van der Waals surface area (Å²) < 4.78 is 0. The summed E-state index contributed by atoms with van der Waals surface area (Å²) in [7, 11) is 0. The maximum Gasteiger partial charge on any atom is 0.336 e. The van der Waals surface area contributed by atoms with Crippen LogP contribution in [-0.4, -0.2) is 22.9 Å². The zero-order valence-corrected chi connectivity index (χ0v) is 14.3. The predicted octanol–water partition coefficient (Wildman–Crippen LogP) is 2.53. The Hall–Kier alpha value is -2.77. The number of hydrogen-bond donors (Lipinski definition) is 4. The summed E-state index contributed by atoms with van der Waals surface area (Å²) >= 11 is 6.30. The topological polar surface area (TPSA) is 131 Å². The fourth-order valence-corrected chi connectivity index (χ4v) is 2.88. The lowest BCUT2D eigenvalue weighted by Crippen LogP contribution is -2.21. The number of carbonyl (C=O) groups excluding carboxylic acids is 1. The fraction of sp³-hybridized carbons (Fsp3) is 0.0625. The van der Waals surface area contributed by atoms with Crippen molar-refractivity contribution >= 4 is 53.2 Å². The number of aromatic carboxylic acids is 1. The van der Waals surface area contributed by atoms with E-state index >= 15 is 0 Å². The van der Waals surface area contributed by atoms with Crippen LogP contribution in [0.1, 0.15) is 15.9 Å². The molecule has 2 aromatic carbocycles. The van der Waals surface area contributed by atoms with E-state index in [1.165, 1.54) is 12.1 Å². The number of nitrogens with one attached hydrogen (secondary N) is 1. The number of carboxylic acid groups (broad SMARTS) is 1. The van der Waals surface area contributed by atoms with Crippen molar-refractivity contribution in [2.45, 2.75) is 6.42 Å². The predicted molar refractivity (Wildman–Crippen MR) is 98.9 cm³/mol. The smallest absolute Gasteiger partial charge is 0.336 e. The van der Waals surface area contributed by atoms with Gasteiger partial charge >= 0.3 is 5.97 Å². The third kappa shape index (κ3) is 3.67. The van der Waals surface area contributed by atoms with Gasteiger partial charge in [-0.15, -0.1) is 12.4 Å². The van der Waals surface area contributed by atoms with E-state index in [1.807, 2.05) is 0 Å². The number of guanidine groups is 1. The minimum Gasteiger partial charge on any atom is -0.478 e. The number of carboxylic acids is 1. The lowest BCUT2D eigenvalue weighted by Gasteiger charge is -2.11. The maximum absolute atomic E-state index is 11.5. The maximum atomic E-state index is 11.5. The number of rotatable bonds is 3. The molecule has 0 spiro atoms. The molecule has 0 saturated heterocycles. The number of aliphatic imine (C=N–C) groups is 1. The van der Waals surface area contributed by atoms with Crippen molar-refractivity contribution in [3.63, 3.8) is 0 Å². The summed E-state index contributed by atoms with van der Waals surface area (Å²) in [5, 5.41) is 12.4. The lowest BCUT2D eigenvalue weighted by molar-refractivity contribution is -0.115. The molecule has 1 aliphatic heterocycles. The number of nitrogens with two attached hydrogens (primary N) is 2. The zero-order valence-electron chi connectivity index (χ0n) is 12.7. The van der Waals surface area contributed by atoms with E-state index in [0.29, 0.717) is 27.5 Å². The molecule has 7 nitrogen and oxygen atoms in total. The van der Waals surface area contributed by atoms with Crippen LogP contribution >= 0.6 is 24.0 Å². The SMILES string of the molecule is Cl.NC(N)=Nc1ccc(C(=O)O)c(-c2cc3c(cc2Cl)NC(=O)C3)c1. The van der Waals surface area contributed by atoms with Gasteiger partial charge in [-0.2, -0.15) is 0 Å². The second-order valence-corrected chi connectivity index (χ2v) is 5.69. The van der Waals surface area contributed by atoms with Crippen molar-refractivity contribution in [3.05, 3.63) is 46.5 Å². The Labute approximate surface area is 154 Å². The molecule has 1 aliphatic rings. The molecule has 0 saturated carbocycles. The van der Waals surface area contributed by atoms with E-state index in [0.717, 1.165) is 5.56 Å². The van der Waals surface area contributed by atoms with E-state index in [4.69, 9.17) is 23.1 Å². The molecule has 0 aliphatic carbocycles. The summed E-state index contributed by atoms with van der Waals surface area (Å²) in [5.74, 6) is -1.38. The first-order chi connectivity index (χ1) is 11.3. The molecule has 25 heavy (non-hydrogen) atoms. The zero-order chi connectivity index (χ0) is 17.4. The Balaban J connectivity index is 0.00000225. The molecule has 0 aromatic heterocycles. The Morgan fingerprint density at radius 3 is 2.56 bits per heavy atom. The van der Waals surface area contributed by atoms with Gasteiger partial charge in [0.05, 0.1) is 22.7 Å². The second kappa shape index (κ2) is 7.00. The average Bonchev–Trinajstić information content (AvgIpc) is 2.84. The molecule has 2 aromatic rings. The fourth-order valence-electron chi connectivity index (χ4n) is 2.61. The quantitative estimate of drug-likeness (QED) is 0.479. The van der Waals surface area contributed by atoms with Gasteiger partial charge in [-0.1, -0.05) is 11.6 Å². The first-order valence-corrected chi connectivity index (χ1v) is 7.32. The Kier molecular flexibility index (Phi) is 5.20. The molecule has 3 rings (SSSR count). The van der Waals surface area contributed by atoms with Crippen LogP contribution in [0, 0.1) is 0 Å². The van der Waals surface area contributed by atoms with E-state index in [1.54, 1.807) is 18.2 Å². The molecule has 1 amide bonds. The summed E-state index contributed by atoms with van der Waals surface area (Å²) in [5.41, 5.74) is 13.5. The van der Waals surface area contributed by atoms with Crippen molar-refractivity contribution in [3.8, 4) is 11.1 Å². The number of amides is 1. The van der Waals surface area contributed by atoms with Crippen LogP contribution in [0.5, 0.6) is 0 Å². The summed E-state index contributed by atoms with van der Waals surface area (Å²) in [6, 6.07) is 7.76. The van der Waals surface area contributed by atoms with Gasteiger partial charge in [0.25, 0.3) is 0 Å². The molecule has 0 bridgehead atoms. The minimum atomic E-state index is -1.10. The molecule has 1 heterocycles. The number of anilines is 1. The van der Waals surface area contributed by atoms with E-state index in [-0.39, 0.29) is 36.3 Å². The van der Waals surface area contributed by atoms with Gasteiger partial charge in [0.1, 0.15) is 0 Å². The van der Waals surface area contributed by atoms with E-state index < -0.39 is 5.97 Å². The molecular weight excluding hydrogens is 367 g/mol. The second-order valence-electron chi connectivity index (χ2n) is 5.29. The number of nitrogens with zero attached hydrogens (tertiary/aromatic N) is 1. The highest BCUT2D eigenvalue weighted by Crippen LogP contribution is 2.38. The highest BCUT2D eigenvalue weighted by atomic mass is 35.5. The van der Waals surface area contributed by atoms with Crippen molar-refractivity contribution in [2.24, 2.45) is 16.5 Å². The molecule has 0 fully saturated rings. The highest BCUT2D eigenvalue weighted by molar-refractivity contribution is 6.34. The van der Waals surface area contributed by atoms with Crippen molar-refractivity contribution in [1.29, 1.82) is 0 Å². The van der Waals surface area contributed by atoms with Crippen molar-refractivity contribution < 1.29 is 14.7 Å². The van der Waals surface area contributed by atoms with Gasteiger partial charge in [0.15, 0.2) is 5.96 Å².